The van der Waals surface area contributed by atoms with Crippen LogP contribution in [0, 0.1) is 0 Å². The minimum absolute atomic E-state index is 0.309. The van der Waals surface area contributed by atoms with Crippen LogP contribution in [0.5, 0.6) is 0 Å². The Morgan fingerprint density at radius 1 is 0.410 bits per heavy atom. The molecular weight excluding hydrogens is 741 g/mol. The Balaban J connectivity index is 1.15. The molecule has 0 spiro atoms. The van der Waals surface area contributed by atoms with Crippen molar-refractivity contribution in [2.24, 2.45) is 9.98 Å². The number of para-hydroxylation sites is 2. The van der Waals surface area contributed by atoms with Gasteiger partial charge in [0.05, 0.1) is 27.8 Å². The summed E-state index contributed by atoms with van der Waals surface area (Å²) in [5.41, 5.74) is 13.9. The predicted molar refractivity (Wildman–Crippen MR) is 256 cm³/mol. The summed E-state index contributed by atoms with van der Waals surface area (Å²) in [7, 11) is 0. The minimum atomic E-state index is -0.309. The second kappa shape index (κ2) is 14.0. The molecule has 0 saturated carbocycles. The molecule has 1 atom stereocenters. The smallest absolute Gasteiger partial charge is 0.156 e. The Hall–Kier alpha value is -8.08. The summed E-state index contributed by atoms with van der Waals surface area (Å²) in [6.07, 6.45) is 0. The molecule has 1 aliphatic heterocycles. The number of fused-ring (bicyclic) bond motifs is 7. The average Bonchev–Trinajstić information content (AvgIpc) is 3.84. The van der Waals surface area contributed by atoms with E-state index in [1.165, 1.54) is 32.8 Å². The highest BCUT2D eigenvalue weighted by Gasteiger charge is 2.30. The van der Waals surface area contributed by atoms with E-state index in [0.29, 0.717) is 5.84 Å². The van der Waals surface area contributed by atoms with E-state index in [0.717, 1.165) is 72.1 Å². The number of aromatic nitrogens is 2. The van der Waals surface area contributed by atoms with Gasteiger partial charge in [-0.15, -0.1) is 0 Å². The normalized spacial score (nSPS) is 14.3. The minimum Gasteiger partial charge on any atom is -0.309 e. The van der Waals surface area contributed by atoms with E-state index < -0.39 is 0 Å². The molecule has 0 saturated heterocycles. The number of nitrogens with zero attached hydrogens (tertiary/aromatic N) is 4. The fourth-order valence-electron chi connectivity index (χ4n) is 9.50. The van der Waals surface area contributed by atoms with Crippen LogP contribution >= 0.6 is 0 Å². The maximum absolute atomic E-state index is 5.50. The first-order valence-electron chi connectivity index (χ1n) is 20.8. The zero-order chi connectivity index (χ0) is 40.4. The molecule has 9 aromatic carbocycles. The molecule has 0 amide bonds. The third-order valence-electron chi connectivity index (χ3n) is 12.3. The van der Waals surface area contributed by atoms with Gasteiger partial charge < -0.3 is 9.13 Å². The van der Waals surface area contributed by atoms with Crippen molar-refractivity contribution in [2.75, 3.05) is 0 Å². The third-order valence-corrected chi connectivity index (χ3v) is 12.3. The summed E-state index contributed by atoms with van der Waals surface area (Å²) in [6, 6.07) is 75.5. The van der Waals surface area contributed by atoms with Crippen molar-refractivity contribution in [1.29, 1.82) is 0 Å². The number of benzene rings is 9. The highest BCUT2D eigenvalue weighted by Crippen LogP contribution is 2.43. The Labute approximate surface area is 353 Å². The molecule has 0 N–H and O–H groups in total. The van der Waals surface area contributed by atoms with Gasteiger partial charge in [-0.25, -0.2) is 4.99 Å². The van der Waals surface area contributed by atoms with Crippen LogP contribution in [0.4, 0.5) is 0 Å². The standard InChI is InChI=1S/C57H38N4/c1-37-54(40-19-7-3-8-20-40)58-57(41-21-9-4-10-22-41)59-55(37)53-45-24-12-11-23-42(45)35-49-47-26-14-16-28-51(47)61(56(49)53)44-33-34-48-46-25-13-15-27-50(46)60(52(48)36-44)43-31-29-39(30-32-43)38-17-5-2-6-18-38/h2-36,54H,1H2/t54-/m0/s1. The molecule has 11 aromatic rings. The number of hydrogen-bond donors (Lipinski definition) is 0. The molecule has 0 aliphatic carbocycles. The van der Waals surface area contributed by atoms with Gasteiger partial charge in [0.25, 0.3) is 0 Å². The van der Waals surface area contributed by atoms with Crippen LogP contribution in [0.2, 0.25) is 0 Å². The first-order valence-corrected chi connectivity index (χ1v) is 20.8. The molecule has 12 rings (SSSR count). The number of hydrogen-bond acceptors (Lipinski definition) is 2. The summed E-state index contributed by atoms with van der Waals surface area (Å²) in [5.74, 6) is 0.699. The van der Waals surface area contributed by atoms with Gasteiger partial charge in [0.1, 0.15) is 6.04 Å². The van der Waals surface area contributed by atoms with Crippen molar-refractivity contribution >= 4 is 65.9 Å². The van der Waals surface area contributed by atoms with Gasteiger partial charge in [-0.1, -0.05) is 176 Å². The molecule has 4 heteroatoms. The van der Waals surface area contributed by atoms with Crippen molar-refractivity contribution in [2.45, 2.75) is 6.04 Å². The highest BCUT2D eigenvalue weighted by atomic mass is 15.0. The molecule has 0 bridgehead atoms. The summed E-state index contributed by atoms with van der Waals surface area (Å²) in [6.45, 7) is 4.81. The zero-order valence-electron chi connectivity index (χ0n) is 33.3. The Morgan fingerprint density at radius 3 is 1.67 bits per heavy atom. The predicted octanol–water partition coefficient (Wildman–Crippen LogP) is 14.2. The van der Waals surface area contributed by atoms with Crippen molar-refractivity contribution in [3.05, 3.63) is 241 Å². The lowest BCUT2D eigenvalue weighted by atomic mass is 9.88. The molecule has 4 nitrogen and oxygen atoms in total. The van der Waals surface area contributed by atoms with E-state index in [1.54, 1.807) is 0 Å². The quantitative estimate of drug-likeness (QED) is 0.161. The second-order valence-electron chi connectivity index (χ2n) is 15.8. The lowest BCUT2D eigenvalue weighted by Gasteiger charge is -2.25. The topological polar surface area (TPSA) is 34.6 Å². The van der Waals surface area contributed by atoms with Crippen LogP contribution in [-0.2, 0) is 0 Å². The fourth-order valence-corrected chi connectivity index (χ4v) is 9.50. The summed E-state index contributed by atoms with van der Waals surface area (Å²) < 4.78 is 4.86. The Kier molecular flexibility index (Phi) is 8.04. The summed E-state index contributed by atoms with van der Waals surface area (Å²) in [4.78, 5) is 10.8. The van der Waals surface area contributed by atoms with Crippen molar-refractivity contribution < 1.29 is 0 Å². The lowest BCUT2D eigenvalue weighted by Crippen LogP contribution is -2.21. The van der Waals surface area contributed by atoms with Gasteiger partial charge in [0.15, 0.2) is 5.84 Å². The Bertz CT molecular complexity index is 3570. The van der Waals surface area contributed by atoms with Gasteiger partial charge in [0, 0.05) is 49.6 Å². The van der Waals surface area contributed by atoms with Gasteiger partial charge in [-0.05, 0) is 69.9 Å². The van der Waals surface area contributed by atoms with Gasteiger partial charge in [-0.3, -0.25) is 4.99 Å². The molecule has 1 aliphatic rings. The first kappa shape index (κ1) is 34.9. The second-order valence-corrected chi connectivity index (χ2v) is 15.8. The van der Waals surface area contributed by atoms with Crippen LogP contribution < -0.4 is 0 Å². The molecular formula is C57H38N4. The van der Waals surface area contributed by atoms with E-state index in [1.807, 2.05) is 6.07 Å². The van der Waals surface area contributed by atoms with E-state index >= 15 is 0 Å². The van der Waals surface area contributed by atoms with Crippen molar-refractivity contribution in [3.63, 3.8) is 0 Å². The highest BCUT2D eigenvalue weighted by molar-refractivity contribution is 6.32. The van der Waals surface area contributed by atoms with E-state index in [4.69, 9.17) is 16.6 Å². The molecule has 0 unspecified atom stereocenters. The van der Waals surface area contributed by atoms with Gasteiger partial charge >= 0.3 is 0 Å². The van der Waals surface area contributed by atoms with Gasteiger partial charge in [0.2, 0.25) is 0 Å². The average molecular weight is 779 g/mol. The van der Waals surface area contributed by atoms with E-state index in [9.17, 15) is 0 Å². The zero-order valence-corrected chi connectivity index (χ0v) is 33.3. The third kappa shape index (κ3) is 5.61. The molecule has 0 fully saturated rings. The van der Waals surface area contributed by atoms with Crippen LogP contribution in [0.1, 0.15) is 22.7 Å². The molecule has 3 heterocycles. The Morgan fingerprint density at radius 2 is 0.951 bits per heavy atom. The van der Waals surface area contributed by atoms with Gasteiger partial charge in [-0.2, -0.15) is 0 Å². The number of amidine groups is 1. The molecule has 0 radical (unpaired) electrons. The van der Waals surface area contributed by atoms with Crippen LogP contribution in [0.3, 0.4) is 0 Å². The van der Waals surface area contributed by atoms with Crippen LogP contribution in [0.25, 0.3) is 76.9 Å². The SMILES string of the molecule is C=C1C(c2c3ccccc3cc3c4ccccc4n(-c4ccc5c6ccccc6n(-c6ccc(-c7ccccc7)cc6)c5c4)c23)=NC(c2ccccc2)=N[C@@H]1c1ccccc1. The van der Waals surface area contributed by atoms with E-state index in [-0.39, 0.29) is 6.04 Å². The first-order chi connectivity index (χ1) is 30.2. The molecule has 2 aromatic heterocycles. The van der Waals surface area contributed by atoms with Crippen molar-refractivity contribution in [1.82, 2.24) is 9.13 Å². The maximum Gasteiger partial charge on any atom is 0.156 e. The monoisotopic (exact) mass is 778 g/mol. The molecule has 61 heavy (non-hydrogen) atoms. The lowest BCUT2D eigenvalue weighted by molar-refractivity contribution is 0.874. The fraction of sp³-hybridized carbons (Fsp3) is 0.0175. The number of rotatable bonds is 6. The maximum atomic E-state index is 5.50. The largest absolute Gasteiger partial charge is 0.309 e. The van der Waals surface area contributed by atoms with Crippen LogP contribution in [0.15, 0.2) is 234 Å². The summed E-state index contributed by atoms with van der Waals surface area (Å²) in [5, 5.41) is 7.04. The van der Waals surface area contributed by atoms with Crippen LogP contribution in [-0.4, -0.2) is 20.7 Å². The number of aliphatic imine (C=N–C) groups is 2. The van der Waals surface area contributed by atoms with E-state index in [2.05, 4.69) is 215 Å². The van der Waals surface area contributed by atoms with Crippen molar-refractivity contribution in [3.8, 4) is 22.5 Å². The summed E-state index contributed by atoms with van der Waals surface area (Å²) >= 11 is 0. The molecule has 286 valence electrons.